The largest absolute Gasteiger partial charge is 0.297 e. The van der Waals surface area contributed by atoms with Crippen LogP contribution in [0.5, 0.6) is 0 Å². The van der Waals surface area contributed by atoms with Gasteiger partial charge in [0.25, 0.3) is 0 Å². The molecule has 1 saturated carbocycles. The van der Waals surface area contributed by atoms with E-state index in [1.807, 2.05) is 18.2 Å². The zero-order chi connectivity index (χ0) is 15.5. The predicted molar refractivity (Wildman–Crippen MR) is 90.1 cm³/mol. The molecule has 3 rings (SSSR count). The van der Waals surface area contributed by atoms with Crippen molar-refractivity contribution in [3.8, 4) is 0 Å². The van der Waals surface area contributed by atoms with Gasteiger partial charge < -0.3 is 0 Å². The smallest absolute Gasteiger partial charge is 0.250 e. The third kappa shape index (κ3) is 3.80. The first-order valence-electron chi connectivity index (χ1n) is 7.54. The van der Waals surface area contributed by atoms with Crippen molar-refractivity contribution >= 4 is 28.5 Å². The molecule has 1 aliphatic carbocycles. The van der Waals surface area contributed by atoms with E-state index < -0.39 is 0 Å². The number of nitrogens with zero attached hydrogens (tertiary/aromatic N) is 2. The third-order valence-corrected chi connectivity index (χ3v) is 4.63. The standard InChI is InChI=1S/C17H19N3OS/c1-11(2)13-6-3-12(4-7-13)5-10-15(21)18-17-20-19-16(22-17)14-8-9-14/h3-7,10-11,14H,8-9H2,1-2H3,(H,18,20,21). The molecule has 1 aromatic heterocycles. The Balaban J connectivity index is 1.57. The van der Waals surface area contributed by atoms with Crippen LogP contribution in [0.2, 0.25) is 0 Å². The zero-order valence-electron chi connectivity index (χ0n) is 12.7. The summed E-state index contributed by atoms with van der Waals surface area (Å²) >= 11 is 1.47. The molecule has 1 N–H and O–H groups in total. The first kappa shape index (κ1) is 14.9. The van der Waals surface area contributed by atoms with Crippen LogP contribution in [-0.2, 0) is 4.79 Å². The van der Waals surface area contributed by atoms with Crippen molar-refractivity contribution in [3.63, 3.8) is 0 Å². The molecule has 0 bridgehead atoms. The fraction of sp³-hybridized carbons (Fsp3) is 0.353. The number of carbonyl (C=O) groups is 1. The molecule has 0 aliphatic heterocycles. The van der Waals surface area contributed by atoms with Crippen LogP contribution in [0.4, 0.5) is 5.13 Å². The molecule has 0 spiro atoms. The van der Waals surface area contributed by atoms with Crippen LogP contribution in [0.15, 0.2) is 30.3 Å². The molecule has 114 valence electrons. The van der Waals surface area contributed by atoms with Gasteiger partial charge in [0.2, 0.25) is 11.0 Å². The van der Waals surface area contributed by atoms with Gasteiger partial charge in [0.15, 0.2) is 0 Å². The molecular formula is C17H19N3OS. The number of nitrogens with one attached hydrogen (secondary N) is 1. The summed E-state index contributed by atoms with van der Waals surface area (Å²) in [6, 6.07) is 8.23. The molecule has 0 radical (unpaired) electrons. The molecule has 1 fully saturated rings. The maximum atomic E-state index is 11.9. The van der Waals surface area contributed by atoms with Crippen LogP contribution in [0, 0.1) is 0 Å². The second-order valence-electron chi connectivity index (χ2n) is 5.86. The lowest BCUT2D eigenvalue weighted by molar-refractivity contribution is -0.111. The van der Waals surface area contributed by atoms with E-state index in [1.54, 1.807) is 0 Å². The summed E-state index contributed by atoms with van der Waals surface area (Å²) in [4.78, 5) is 11.9. The highest BCUT2D eigenvalue weighted by molar-refractivity contribution is 7.15. The minimum absolute atomic E-state index is 0.175. The van der Waals surface area contributed by atoms with E-state index in [-0.39, 0.29) is 5.91 Å². The van der Waals surface area contributed by atoms with Gasteiger partial charge >= 0.3 is 0 Å². The zero-order valence-corrected chi connectivity index (χ0v) is 13.6. The number of amides is 1. The number of aromatic nitrogens is 2. The predicted octanol–water partition coefficient (Wildman–Crippen LogP) is 4.19. The topological polar surface area (TPSA) is 54.9 Å². The van der Waals surface area contributed by atoms with Crippen molar-refractivity contribution in [1.82, 2.24) is 10.2 Å². The molecule has 0 unspecified atom stereocenters. The number of anilines is 1. The van der Waals surface area contributed by atoms with Gasteiger partial charge in [-0.3, -0.25) is 10.1 Å². The lowest BCUT2D eigenvalue weighted by Gasteiger charge is -2.04. The molecule has 22 heavy (non-hydrogen) atoms. The molecule has 5 heteroatoms. The van der Waals surface area contributed by atoms with Gasteiger partial charge in [-0.15, -0.1) is 10.2 Å². The number of rotatable bonds is 5. The first-order chi connectivity index (χ1) is 10.6. The van der Waals surface area contributed by atoms with Crippen molar-refractivity contribution in [2.24, 2.45) is 0 Å². The lowest BCUT2D eigenvalue weighted by atomic mass is 10.0. The van der Waals surface area contributed by atoms with E-state index in [0.717, 1.165) is 10.6 Å². The number of hydrogen-bond acceptors (Lipinski definition) is 4. The molecular weight excluding hydrogens is 294 g/mol. The van der Waals surface area contributed by atoms with Crippen molar-refractivity contribution in [2.45, 2.75) is 38.5 Å². The van der Waals surface area contributed by atoms with Crippen LogP contribution < -0.4 is 5.32 Å². The molecule has 4 nitrogen and oxygen atoms in total. The Morgan fingerprint density at radius 2 is 2.00 bits per heavy atom. The third-order valence-electron chi connectivity index (χ3n) is 3.63. The minimum atomic E-state index is -0.175. The average Bonchev–Trinajstić information content (AvgIpc) is 3.26. The number of carbonyl (C=O) groups excluding carboxylic acids is 1. The molecule has 1 amide bonds. The Labute approximate surface area is 134 Å². The minimum Gasteiger partial charge on any atom is -0.297 e. The molecule has 1 aliphatic rings. The molecule has 2 aromatic rings. The SMILES string of the molecule is CC(C)c1ccc(C=CC(=O)Nc2nnc(C3CC3)s2)cc1. The Bertz CT molecular complexity index is 684. The lowest BCUT2D eigenvalue weighted by Crippen LogP contribution is -2.07. The van der Waals surface area contributed by atoms with Crippen molar-refractivity contribution in [1.29, 1.82) is 0 Å². The van der Waals surface area contributed by atoms with E-state index in [9.17, 15) is 4.79 Å². The molecule has 1 heterocycles. The normalized spacial score (nSPS) is 14.7. The van der Waals surface area contributed by atoms with E-state index in [4.69, 9.17) is 0 Å². The van der Waals surface area contributed by atoms with Crippen molar-refractivity contribution in [3.05, 3.63) is 46.5 Å². The summed E-state index contributed by atoms with van der Waals surface area (Å²) in [6.07, 6.45) is 5.72. The highest BCUT2D eigenvalue weighted by Gasteiger charge is 2.27. The van der Waals surface area contributed by atoms with Gasteiger partial charge in [-0.2, -0.15) is 0 Å². The summed E-state index contributed by atoms with van der Waals surface area (Å²) in [7, 11) is 0. The monoisotopic (exact) mass is 313 g/mol. The fourth-order valence-electron chi connectivity index (χ4n) is 2.09. The molecule has 1 aromatic carbocycles. The fourth-order valence-corrected chi connectivity index (χ4v) is 3.01. The van der Waals surface area contributed by atoms with E-state index >= 15 is 0 Å². The quantitative estimate of drug-likeness (QED) is 0.842. The van der Waals surface area contributed by atoms with Gasteiger partial charge in [0, 0.05) is 12.0 Å². The number of hydrogen-bond donors (Lipinski definition) is 1. The summed E-state index contributed by atoms with van der Waals surface area (Å²) in [6.45, 7) is 4.33. The van der Waals surface area contributed by atoms with Gasteiger partial charge in [-0.25, -0.2) is 0 Å². The summed E-state index contributed by atoms with van der Waals surface area (Å²) < 4.78 is 0. The van der Waals surface area contributed by atoms with Crippen molar-refractivity contribution in [2.75, 3.05) is 5.32 Å². The van der Waals surface area contributed by atoms with Gasteiger partial charge in [-0.1, -0.05) is 49.4 Å². The van der Waals surface area contributed by atoms with Crippen LogP contribution in [0.1, 0.15) is 54.7 Å². The first-order valence-corrected chi connectivity index (χ1v) is 8.36. The highest BCUT2D eigenvalue weighted by atomic mass is 32.1. The molecule has 0 atom stereocenters. The van der Waals surface area contributed by atoms with E-state index in [2.05, 4.69) is 41.5 Å². The van der Waals surface area contributed by atoms with Crippen LogP contribution in [0.25, 0.3) is 6.08 Å². The van der Waals surface area contributed by atoms with Crippen LogP contribution in [-0.4, -0.2) is 16.1 Å². The van der Waals surface area contributed by atoms with Crippen LogP contribution in [0.3, 0.4) is 0 Å². The van der Waals surface area contributed by atoms with E-state index in [1.165, 1.54) is 35.8 Å². The Kier molecular flexibility index (Phi) is 4.34. The summed E-state index contributed by atoms with van der Waals surface area (Å²) in [5, 5.41) is 12.5. The number of benzene rings is 1. The second kappa shape index (κ2) is 6.40. The van der Waals surface area contributed by atoms with Gasteiger partial charge in [0.1, 0.15) is 5.01 Å². The second-order valence-corrected chi connectivity index (χ2v) is 6.87. The average molecular weight is 313 g/mol. The summed E-state index contributed by atoms with van der Waals surface area (Å²) in [5.41, 5.74) is 2.30. The summed E-state index contributed by atoms with van der Waals surface area (Å²) in [5.74, 6) is 0.906. The Hall–Kier alpha value is -2.01. The maximum Gasteiger partial charge on any atom is 0.250 e. The highest BCUT2D eigenvalue weighted by Crippen LogP contribution is 2.42. The van der Waals surface area contributed by atoms with Crippen molar-refractivity contribution < 1.29 is 4.79 Å². The maximum absolute atomic E-state index is 11.9. The molecule has 0 saturated heterocycles. The van der Waals surface area contributed by atoms with Gasteiger partial charge in [-0.05, 0) is 36.0 Å². The van der Waals surface area contributed by atoms with Crippen LogP contribution >= 0.6 is 11.3 Å². The Morgan fingerprint density at radius 3 is 2.64 bits per heavy atom. The Morgan fingerprint density at radius 1 is 1.27 bits per heavy atom. The van der Waals surface area contributed by atoms with Gasteiger partial charge in [0.05, 0.1) is 0 Å². The van der Waals surface area contributed by atoms with E-state index in [0.29, 0.717) is 17.0 Å².